The summed E-state index contributed by atoms with van der Waals surface area (Å²) in [6, 6.07) is -0.0280. The van der Waals surface area contributed by atoms with Gasteiger partial charge in [0.1, 0.15) is 5.01 Å². The van der Waals surface area contributed by atoms with Gasteiger partial charge in [0.25, 0.3) is 0 Å². The normalized spacial score (nSPS) is 24.6. The summed E-state index contributed by atoms with van der Waals surface area (Å²) in [5.41, 5.74) is 0. The van der Waals surface area contributed by atoms with Crippen LogP contribution in [0.3, 0.4) is 0 Å². The number of nitrogens with zero attached hydrogens (tertiary/aromatic N) is 1. The molecule has 2 N–H and O–H groups in total. The molecule has 1 aromatic rings. The Balaban J connectivity index is 1.80. The molecule has 1 aliphatic rings. The van der Waals surface area contributed by atoms with Crippen molar-refractivity contribution in [1.29, 1.82) is 0 Å². The predicted octanol–water partition coefficient (Wildman–Crippen LogP) is 1.46. The van der Waals surface area contributed by atoms with Crippen LogP contribution >= 0.6 is 11.3 Å². The Morgan fingerprint density at radius 1 is 1.71 bits per heavy atom. The summed E-state index contributed by atoms with van der Waals surface area (Å²) in [5, 5.41) is 7.18. The smallest absolute Gasteiger partial charge is 0.237 e. The van der Waals surface area contributed by atoms with E-state index in [1.807, 2.05) is 13.1 Å². The first-order valence-corrected chi connectivity index (χ1v) is 6.89. The molecule has 1 amide bonds. The van der Waals surface area contributed by atoms with Crippen LogP contribution in [-0.2, 0) is 11.3 Å². The minimum absolute atomic E-state index is 0.0280. The number of hydrogen-bond donors (Lipinski definition) is 2. The fraction of sp³-hybridized carbons (Fsp3) is 0.667. The molecule has 0 spiro atoms. The average molecular weight is 253 g/mol. The van der Waals surface area contributed by atoms with Gasteiger partial charge in [-0.05, 0) is 32.2 Å². The molecule has 2 unspecified atom stereocenters. The summed E-state index contributed by atoms with van der Waals surface area (Å²) in [6.45, 7) is 5.71. The SMILES string of the molecule is Cc1cnc(CNC(=O)C2CC(C)CCN2)s1. The van der Waals surface area contributed by atoms with E-state index in [2.05, 4.69) is 22.5 Å². The largest absolute Gasteiger partial charge is 0.348 e. The standard InChI is InChI=1S/C12H19N3OS/c1-8-3-4-13-10(5-8)12(16)15-7-11-14-6-9(2)17-11/h6,8,10,13H,3-5,7H2,1-2H3,(H,15,16). The Labute approximate surface area is 106 Å². The van der Waals surface area contributed by atoms with Crippen molar-refractivity contribution >= 4 is 17.2 Å². The summed E-state index contributed by atoms with van der Waals surface area (Å²) in [4.78, 5) is 17.3. The monoisotopic (exact) mass is 253 g/mol. The van der Waals surface area contributed by atoms with Crippen molar-refractivity contribution < 1.29 is 4.79 Å². The minimum atomic E-state index is -0.0280. The van der Waals surface area contributed by atoms with Crippen molar-refractivity contribution in [3.05, 3.63) is 16.1 Å². The number of amides is 1. The number of nitrogens with one attached hydrogen (secondary N) is 2. The molecular weight excluding hydrogens is 234 g/mol. The van der Waals surface area contributed by atoms with Crippen LogP contribution in [0.1, 0.15) is 29.7 Å². The van der Waals surface area contributed by atoms with Crippen LogP contribution in [0.2, 0.25) is 0 Å². The van der Waals surface area contributed by atoms with Gasteiger partial charge in [0.15, 0.2) is 0 Å². The zero-order chi connectivity index (χ0) is 12.3. The highest BCUT2D eigenvalue weighted by Crippen LogP contribution is 2.15. The fourth-order valence-corrected chi connectivity index (χ4v) is 2.80. The van der Waals surface area contributed by atoms with Gasteiger partial charge in [0, 0.05) is 11.1 Å². The van der Waals surface area contributed by atoms with E-state index in [0.717, 1.165) is 24.4 Å². The minimum Gasteiger partial charge on any atom is -0.348 e. The number of carbonyl (C=O) groups excluding carboxylic acids is 1. The molecule has 1 fully saturated rings. The Morgan fingerprint density at radius 3 is 3.18 bits per heavy atom. The average Bonchev–Trinajstić information content (AvgIpc) is 2.72. The van der Waals surface area contributed by atoms with Crippen LogP contribution in [-0.4, -0.2) is 23.5 Å². The molecule has 17 heavy (non-hydrogen) atoms. The van der Waals surface area contributed by atoms with Gasteiger partial charge < -0.3 is 10.6 Å². The van der Waals surface area contributed by atoms with Gasteiger partial charge in [0.2, 0.25) is 5.91 Å². The van der Waals surface area contributed by atoms with Crippen molar-refractivity contribution in [3.8, 4) is 0 Å². The summed E-state index contributed by atoms with van der Waals surface area (Å²) < 4.78 is 0. The van der Waals surface area contributed by atoms with E-state index in [9.17, 15) is 4.79 Å². The zero-order valence-corrected chi connectivity index (χ0v) is 11.1. The predicted molar refractivity (Wildman–Crippen MR) is 68.9 cm³/mol. The number of rotatable bonds is 3. The third kappa shape index (κ3) is 3.51. The summed E-state index contributed by atoms with van der Waals surface area (Å²) in [6.07, 6.45) is 3.94. The van der Waals surface area contributed by atoms with E-state index in [4.69, 9.17) is 0 Å². The number of aromatic nitrogens is 1. The van der Waals surface area contributed by atoms with Crippen molar-refractivity contribution in [2.75, 3.05) is 6.54 Å². The van der Waals surface area contributed by atoms with Crippen molar-refractivity contribution in [3.63, 3.8) is 0 Å². The second kappa shape index (κ2) is 5.60. The lowest BCUT2D eigenvalue weighted by Gasteiger charge is -2.27. The van der Waals surface area contributed by atoms with Crippen LogP contribution < -0.4 is 10.6 Å². The molecule has 0 radical (unpaired) electrons. The third-order valence-electron chi connectivity index (χ3n) is 3.07. The van der Waals surface area contributed by atoms with Crippen LogP contribution in [0.5, 0.6) is 0 Å². The highest BCUT2D eigenvalue weighted by Gasteiger charge is 2.24. The molecule has 4 nitrogen and oxygen atoms in total. The lowest BCUT2D eigenvalue weighted by Crippen LogP contribution is -2.48. The van der Waals surface area contributed by atoms with Gasteiger partial charge in [-0.3, -0.25) is 4.79 Å². The molecule has 5 heteroatoms. The number of hydrogen-bond acceptors (Lipinski definition) is 4. The first kappa shape index (κ1) is 12.5. The van der Waals surface area contributed by atoms with Gasteiger partial charge in [-0.1, -0.05) is 6.92 Å². The second-order valence-electron chi connectivity index (χ2n) is 4.72. The van der Waals surface area contributed by atoms with E-state index in [1.54, 1.807) is 11.3 Å². The van der Waals surface area contributed by atoms with Crippen LogP contribution in [0.25, 0.3) is 0 Å². The Kier molecular flexibility index (Phi) is 4.12. The van der Waals surface area contributed by atoms with Gasteiger partial charge >= 0.3 is 0 Å². The number of aryl methyl sites for hydroxylation is 1. The molecular formula is C12H19N3OS. The maximum Gasteiger partial charge on any atom is 0.237 e. The van der Waals surface area contributed by atoms with E-state index in [0.29, 0.717) is 12.5 Å². The van der Waals surface area contributed by atoms with Crippen LogP contribution in [0.4, 0.5) is 0 Å². The lowest BCUT2D eigenvalue weighted by atomic mass is 9.94. The summed E-state index contributed by atoms with van der Waals surface area (Å²) in [5.74, 6) is 0.735. The molecule has 2 heterocycles. The maximum atomic E-state index is 11.9. The van der Waals surface area contributed by atoms with Crippen LogP contribution in [0, 0.1) is 12.8 Å². The van der Waals surface area contributed by atoms with E-state index < -0.39 is 0 Å². The molecule has 0 aromatic carbocycles. The van der Waals surface area contributed by atoms with Crippen molar-refractivity contribution in [2.45, 2.75) is 39.3 Å². The first-order valence-electron chi connectivity index (χ1n) is 6.07. The molecule has 2 rings (SSSR count). The van der Waals surface area contributed by atoms with Crippen LogP contribution in [0.15, 0.2) is 6.20 Å². The maximum absolute atomic E-state index is 11.9. The van der Waals surface area contributed by atoms with E-state index >= 15 is 0 Å². The number of thiazole rings is 1. The molecule has 2 atom stereocenters. The first-order chi connectivity index (χ1) is 8.15. The van der Waals surface area contributed by atoms with E-state index in [1.165, 1.54) is 4.88 Å². The van der Waals surface area contributed by atoms with Gasteiger partial charge in [-0.15, -0.1) is 11.3 Å². The summed E-state index contributed by atoms with van der Waals surface area (Å²) in [7, 11) is 0. The third-order valence-corrected chi connectivity index (χ3v) is 3.98. The number of piperidine rings is 1. The summed E-state index contributed by atoms with van der Waals surface area (Å²) >= 11 is 1.63. The fourth-order valence-electron chi connectivity index (χ4n) is 2.08. The molecule has 1 saturated heterocycles. The second-order valence-corrected chi connectivity index (χ2v) is 6.04. The van der Waals surface area contributed by atoms with Crippen molar-refractivity contribution in [2.24, 2.45) is 5.92 Å². The molecule has 1 aliphatic heterocycles. The van der Waals surface area contributed by atoms with Gasteiger partial charge in [-0.25, -0.2) is 4.98 Å². The van der Waals surface area contributed by atoms with Gasteiger partial charge in [-0.2, -0.15) is 0 Å². The zero-order valence-electron chi connectivity index (χ0n) is 10.3. The Bertz CT molecular complexity index is 391. The van der Waals surface area contributed by atoms with E-state index in [-0.39, 0.29) is 11.9 Å². The number of carbonyl (C=O) groups is 1. The molecule has 0 saturated carbocycles. The Hall–Kier alpha value is -0.940. The highest BCUT2D eigenvalue weighted by molar-refractivity contribution is 7.11. The molecule has 0 bridgehead atoms. The quantitative estimate of drug-likeness (QED) is 0.857. The molecule has 1 aromatic heterocycles. The molecule has 0 aliphatic carbocycles. The van der Waals surface area contributed by atoms with Gasteiger partial charge in [0.05, 0.1) is 12.6 Å². The topological polar surface area (TPSA) is 54.0 Å². The highest BCUT2D eigenvalue weighted by atomic mass is 32.1. The Morgan fingerprint density at radius 2 is 2.53 bits per heavy atom. The van der Waals surface area contributed by atoms with Crippen molar-refractivity contribution in [1.82, 2.24) is 15.6 Å². The lowest BCUT2D eigenvalue weighted by molar-refractivity contribution is -0.124. The molecule has 94 valence electrons.